The van der Waals surface area contributed by atoms with Crippen LogP contribution in [0.15, 0.2) is 24.3 Å². The smallest absolute Gasteiger partial charge is 0.337 e. The van der Waals surface area contributed by atoms with Gasteiger partial charge in [0.05, 0.1) is 7.11 Å². The molecule has 20 heavy (non-hydrogen) atoms. The van der Waals surface area contributed by atoms with Crippen molar-refractivity contribution in [3.63, 3.8) is 0 Å². The van der Waals surface area contributed by atoms with E-state index in [2.05, 4.69) is 8.91 Å². The van der Waals surface area contributed by atoms with Gasteiger partial charge in [0.25, 0.3) is 0 Å². The number of hydrogen-bond acceptors (Lipinski definition) is 6. The number of nitrogens with two attached hydrogens (primary N) is 1. The summed E-state index contributed by atoms with van der Waals surface area (Å²) < 4.78 is 41.0. The summed E-state index contributed by atoms with van der Waals surface area (Å²) >= 11 is 0. The van der Waals surface area contributed by atoms with Crippen molar-refractivity contribution >= 4 is 16.0 Å². The van der Waals surface area contributed by atoms with Crippen molar-refractivity contribution in [2.24, 2.45) is 0 Å². The fourth-order valence-electron chi connectivity index (χ4n) is 2.04. The van der Waals surface area contributed by atoms with Crippen LogP contribution < -0.4 is 10.5 Å². The van der Waals surface area contributed by atoms with Gasteiger partial charge in [-0.2, -0.15) is 13.1 Å². The van der Waals surface area contributed by atoms with Crippen LogP contribution in [-0.2, 0) is 24.0 Å². The van der Waals surface area contributed by atoms with Gasteiger partial charge in [-0.3, -0.25) is 4.18 Å². The third-order valence-corrected chi connectivity index (χ3v) is 3.84. The zero-order valence-corrected chi connectivity index (χ0v) is 12.3. The van der Waals surface area contributed by atoms with E-state index in [9.17, 15) is 8.42 Å². The van der Waals surface area contributed by atoms with Crippen LogP contribution in [0.2, 0.25) is 0 Å². The summed E-state index contributed by atoms with van der Waals surface area (Å²) in [5, 5.41) is 0. The maximum atomic E-state index is 11.5. The largest absolute Gasteiger partial charge is 0.398 e. The molecular formula is C12H18N2O5S. The maximum Gasteiger partial charge on any atom is 0.337 e. The van der Waals surface area contributed by atoms with E-state index in [1.54, 1.807) is 38.1 Å². The topological polar surface area (TPSA) is 99.9 Å². The second-order valence-corrected chi connectivity index (χ2v) is 6.32. The van der Waals surface area contributed by atoms with Gasteiger partial charge in [0.15, 0.2) is 12.0 Å². The molecule has 2 rings (SSSR count). The van der Waals surface area contributed by atoms with Crippen LogP contribution in [-0.4, -0.2) is 27.5 Å². The van der Waals surface area contributed by atoms with Crippen molar-refractivity contribution in [3.05, 3.63) is 29.8 Å². The molecule has 1 aromatic rings. The van der Waals surface area contributed by atoms with E-state index in [1.165, 1.54) is 0 Å². The van der Waals surface area contributed by atoms with Gasteiger partial charge in [-0.25, -0.2) is 0 Å². The Hall–Kier alpha value is -1.19. The number of benzene rings is 1. The number of hydrogen-bond donors (Lipinski definition) is 2. The van der Waals surface area contributed by atoms with E-state index in [0.29, 0.717) is 11.3 Å². The highest BCUT2D eigenvalue weighted by Crippen LogP contribution is 2.39. The standard InChI is InChI=1S/C12H18N2O5S/c1-12(2)18-10(8-6-4-5-7-9(8)13)11(19-12)14-20(15,16)17-3/h4-7,10-11,14H,13H2,1-3H3/t10-,11-/m1/s1. The van der Waals surface area contributed by atoms with Gasteiger partial charge in [0, 0.05) is 11.3 Å². The Morgan fingerprint density at radius 3 is 2.55 bits per heavy atom. The number of nitrogens with one attached hydrogen (secondary N) is 1. The Labute approximate surface area is 118 Å². The second-order valence-electron chi connectivity index (χ2n) is 4.84. The lowest BCUT2D eigenvalue weighted by Crippen LogP contribution is -2.39. The molecule has 1 aromatic carbocycles. The summed E-state index contributed by atoms with van der Waals surface area (Å²) in [6, 6.07) is 7.06. The molecule has 0 bridgehead atoms. The molecule has 0 aromatic heterocycles. The van der Waals surface area contributed by atoms with Crippen molar-refractivity contribution in [1.82, 2.24) is 4.72 Å². The molecule has 0 spiro atoms. The zero-order valence-electron chi connectivity index (χ0n) is 11.5. The fourth-order valence-corrected chi connectivity index (χ4v) is 2.59. The van der Waals surface area contributed by atoms with Gasteiger partial charge in [-0.05, 0) is 19.9 Å². The Kier molecular flexibility index (Phi) is 4.03. The third-order valence-electron chi connectivity index (χ3n) is 2.88. The molecule has 1 aliphatic rings. The van der Waals surface area contributed by atoms with Gasteiger partial charge in [-0.15, -0.1) is 0 Å². The molecule has 1 saturated heterocycles. The lowest BCUT2D eigenvalue weighted by atomic mass is 10.1. The molecule has 7 nitrogen and oxygen atoms in total. The van der Waals surface area contributed by atoms with E-state index < -0.39 is 28.4 Å². The first-order valence-electron chi connectivity index (χ1n) is 6.02. The summed E-state index contributed by atoms with van der Waals surface area (Å²) in [6.45, 7) is 3.39. The van der Waals surface area contributed by atoms with Crippen LogP contribution in [0, 0.1) is 0 Å². The van der Waals surface area contributed by atoms with Crippen LogP contribution in [0.3, 0.4) is 0 Å². The monoisotopic (exact) mass is 302 g/mol. The lowest BCUT2D eigenvalue weighted by molar-refractivity contribution is -0.147. The molecule has 1 heterocycles. The van der Waals surface area contributed by atoms with Crippen molar-refractivity contribution in [3.8, 4) is 0 Å². The molecule has 0 saturated carbocycles. The van der Waals surface area contributed by atoms with Gasteiger partial charge in [-0.1, -0.05) is 18.2 Å². The average Bonchev–Trinajstić information content (AvgIpc) is 2.64. The Bertz CT molecular complexity index is 587. The summed E-state index contributed by atoms with van der Waals surface area (Å²) in [4.78, 5) is 0. The molecule has 0 amide bonds. The van der Waals surface area contributed by atoms with E-state index in [4.69, 9.17) is 15.2 Å². The molecule has 0 aliphatic carbocycles. The van der Waals surface area contributed by atoms with Crippen molar-refractivity contribution in [2.45, 2.75) is 32.0 Å². The molecule has 3 N–H and O–H groups in total. The number of para-hydroxylation sites is 1. The highest BCUT2D eigenvalue weighted by Gasteiger charge is 2.44. The van der Waals surface area contributed by atoms with Crippen LogP contribution in [0.1, 0.15) is 25.5 Å². The van der Waals surface area contributed by atoms with Crippen molar-refractivity contribution < 1.29 is 22.1 Å². The Morgan fingerprint density at radius 1 is 1.30 bits per heavy atom. The first-order valence-corrected chi connectivity index (χ1v) is 7.43. The fraction of sp³-hybridized carbons (Fsp3) is 0.500. The first-order chi connectivity index (χ1) is 9.24. The second kappa shape index (κ2) is 5.30. The van der Waals surface area contributed by atoms with Crippen molar-refractivity contribution in [2.75, 3.05) is 12.8 Å². The molecule has 1 fully saturated rings. The normalized spacial score (nSPS) is 25.8. The molecule has 112 valence electrons. The zero-order chi connectivity index (χ0) is 15.0. The molecule has 1 aliphatic heterocycles. The van der Waals surface area contributed by atoms with Crippen LogP contribution in [0.25, 0.3) is 0 Å². The lowest BCUT2D eigenvalue weighted by Gasteiger charge is -2.19. The van der Waals surface area contributed by atoms with Crippen molar-refractivity contribution in [1.29, 1.82) is 0 Å². The molecule has 0 unspecified atom stereocenters. The number of rotatable bonds is 4. The van der Waals surface area contributed by atoms with Crippen LogP contribution >= 0.6 is 0 Å². The molecule has 0 radical (unpaired) electrons. The Balaban J connectivity index is 2.32. The number of ether oxygens (including phenoxy) is 2. The highest BCUT2D eigenvalue weighted by atomic mass is 32.2. The van der Waals surface area contributed by atoms with Gasteiger partial charge < -0.3 is 15.2 Å². The van der Waals surface area contributed by atoms with E-state index >= 15 is 0 Å². The summed E-state index contributed by atoms with van der Waals surface area (Å²) in [5.74, 6) is -0.937. The van der Waals surface area contributed by atoms with E-state index in [1.807, 2.05) is 0 Å². The maximum absolute atomic E-state index is 11.5. The third kappa shape index (κ3) is 3.28. The summed E-state index contributed by atoms with van der Waals surface area (Å²) in [7, 11) is -2.84. The average molecular weight is 302 g/mol. The predicted octanol–water partition coefficient (Wildman–Crippen LogP) is 0.900. The van der Waals surface area contributed by atoms with Crippen LogP contribution in [0.4, 0.5) is 5.69 Å². The SMILES string of the molecule is COS(=O)(=O)N[C@@H]1OC(C)(C)O[C@@H]1c1ccccc1N. The quantitative estimate of drug-likeness (QED) is 0.802. The van der Waals surface area contributed by atoms with Gasteiger partial charge in [0.2, 0.25) is 0 Å². The van der Waals surface area contributed by atoms with Gasteiger partial charge in [0.1, 0.15) is 6.10 Å². The first kappa shape index (κ1) is 15.2. The highest BCUT2D eigenvalue weighted by molar-refractivity contribution is 7.84. The van der Waals surface area contributed by atoms with Crippen LogP contribution in [0.5, 0.6) is 0 Å². The van der Waals surface area contributed by atoms with E-state index in [0.717, 1.165) is 7.11 Å². The summed E-state index contributed by atoms with van der Waals surface area (Å²) in [5.41, 5.74) is 7.06. The minimum atomic E-state index is -3.90. The minimum absolute atomic E-state index is 0.500. The molecule has 2 atom stereocenters. The van der Waals surface area contributed by atoms with Gasteiger partial charge >= 0.3 is 10.3 Å². The predicted molar refractivity (Wildman–Crippen MR) is 72.7 cm³/mol. The molecular weight excluding hydrogens is 284 g/mol. The Morgan fingerprint density at radius 2 is 1.95 bits per heavy atom. The van der Waals surface area contributed by atoms with E-state index in [-0.39, 0.29) is 0 Å². The summed E-state index contributed by atoms with van der Waals surface area (Å²) in [6.07, 6.45) is -1.57. The number of anilines is 1. The minimum Gasteiger partial charge on any atom is -0.398 e. The number of nitrogen functional groups attached to an aromatic ring is 1. The molecule has 8 heteroatoms.